The Kier molecular flexibility index (Phi) is 16.4. The van der Waals surface area contributed by atoms with Crippen molar-refractivity contribution in [2.75, 3.05) is 13.2 Å². The summed E-state index contributed by atoms with van der Waals surface area (Å²) >= 11 is 0. The molecule has 1 heteroatoms. The third kappa shape index (κ3) is 17.2. The Morgan fingerprint density at radius 1 is 0.526 bits per heavy atom. The lowest BCUT2D eigenvalue weighted by Crippen LogP contribution is -1.96. The van der Waals surface area contributed by atoms with Gasteiger partial charge in [-0.05, 0) is 12.8 Å². The lowest BCUT2D eigenvalue weighted by Gasteiger charge is -2.03. The third-order valence-electron chi connectivity index (χ3n) is 2.95. The standard InChI is InChI=1S/C12H26O.C6H6/c1-3-5-7-9-11-13-12-10-8-6-4-2;1-2-4-6-5-3-1/h3-12H2,1-2H3;1-6H. The molecule has 0 N–H and O–H groups in total. The molecule has 1 nitrogen and oxygen atoms in total. The zero-order valence-corrected chi connectivity index (χ0v) is 12.9. The van der Waals surface area contributed by atoms with E-state index in [1.807, 2.05) is 36.4 Å². The Bertz CT molecular complexity index is 196. The van der Waals surface area contributed by atoms with Gasteiger partial charge in [0.1, 0.15) is 0 Å². The molecule has 0 aromatic heterocycles. The molecular weight excluding hydrogens is 232 g/mol. The van der Waals surface area contributed by atoms with Crippen LogP contribution >= 0.6 is 0 Å². The first kappa shape index (κ1) is 18.2. The summed E-state index contributed by atoms with van der Waals surface area (Å²) < 4.78 is 5.53. The number of unbranched alkanes of at least 4 members (excludes halogenated alkanes) is 6. The number of hydrogen-bond acceptors (Lipinski definition) is 1. The lowest BCUT2D eigenvalue weighted by atomic mass is 10.2. The van der Waals surface area contributed by atoms with Crippen LogP contribution in [0.2, 0.25) is 0 Å². The maximum atomic E-state index is 5.53. The first-order valence-electron chi connectivity index (χ1n) is 7.99. The largest absolute Gasteiger partial charge is 0.381 e. The van der Waals surface area contributed by atoms with Crippen molar-refractivity contribution < 1.29 is 4.74 Å². The molecule has 1 rings (SSSR count). The van der Waals surface area contributed by atoms with Crippen LogP contribution in [0, 0.1) is 0 Å². The van der Waals surface area contributed by atoms with Gasteiger partial charge in [-0.15, -0.1) is 0 Å². The molecule has 0 unspecified atom stereocenters. The minimum atomic E-state index is 0.978. The summed E-state index contributed by atoms with van der Waals surface area (Å²) in [5.74, 6) is 0. The maximum Gasteiger partial charge on any atom is 0.0466 e. The molecule has 1 aromatic carbocycles. The number of benzene rings is 1. The molecule has 19 heavy (non-hydrogen) atoms. The van der Waals surface area contributed by atoms with E-state index < -0.39 is 0 Å². The second-order valence-electron chi connectivity index (χ2n) is 4.89. The Morgan fingerprint density at radius 3 is 1.21 bits per heavy atom. The predicted octanol–water partition coefficient (Wildman–Crippen LogP) is 5.85. The van der Waals surface area contributed by atoms with Crippen LogP contribution in [0.15, 0.2) is 36.4 Å². The van der Waals surface area contributed by atoms with Crippen molar-refractivity contribution in [2.24, 2.45) is 0 Å². The van der Waals surface area contributed by atoms with Gasteiger partial charge in [0.2, 0.25) is 0 Å². The van der Waals surface area contributed by atoms with Crippen molar-refractivity contribution >= 4 is 0 Å². The molecule has 0 aliphatic carbocycles. The zero-order chi connectivity index (χ0) is 14.0. The minimum absolute atomic E-state index is 0.978. The first-order chi connectivity index (χ1) is 9.41. The normalized spacial score (nSPS) is 9.79. The first-order valence-corrected chi connectivity index (χ1v) is 7.99. The van der Waals surface area contributed by atoms with Gasteiger partial charge in [-0.2, -0.15) is 0 Å². The summed E-state index contributed by atoms with van der Waals surface area (Å²) in [5.41, 5.74) is 0. The van der Waals surface area contributed by atoms with Crippen LogP contribution in [0.1, 0.15) is 65.2 Å². The molecule has 0 saturated carbocycles. The van der Waals surface area contributed by atoms with Crippen molar-refractivity contribution in [1.29, 1.82) is 0 Å². The number of hydrogen-bond donors (Lipinski definition) is 0. The van der Waals surface area contributed by atoms with Crippen LogP contribution in [0.4, 0.5) is 0 Å². The Morgan fingerprint density at radius 2 is 0.895 bits per heavy atom. The highest BCUT2D eigenvalue weighted by atomic mass is 16.5. The van der Waals surface area contributed by atoms with E-state index in [4.69, 9.17) is 4.74 Å². The van der Waals surface area contributed by atoms with Gasteiger partial charge in [0, 0.05) is 13.2 Å². The van der Waals surface area contributed by atoms with Crippen LogP contribution in [0.5, 0.6) is 0 Å². The summed E-state index contributed by atoms with van der Waals surface area (Å²) in [5, 5.41) is 0. The molecule has 0 atom stereocenters. The molecule has 110 valence electrons. The SMILES string of the molecule is CCCCCCOCCCCCC.c1ccccc1. The monoisotopic (exact) mass is 264 g/mol. The van der Waals surface area contributed by atoms with E-state index in [9.17, 15) is 0 Å². The van der Waals surface area contributed by atoms with Crippen LogP contribution in [-0.2, 0) is 4.74 Å². The van der Waals surface area contributed by atoms with Crippen LogP contribution in [-0.4, -0.2) is 13.2 Å². The molecule has 0 aliphatic heterocycles. The molecule has 0 aliphatic rings. The van der Waals surface area contributed by atoms with E-state index in [0.717, 1.165) is 13.2 Å². The fraction of sp³-hybridized carbons (Fsp3) is 0.667. The fourth-order valence-electron chi connectivity index (χ4n) is 1.75. The van der Waals surface area contributed by atoms with E-state index in [1.54, 1.807) is 0 Å². The Labute approximate surface area is 120 Å². The molecule has 0 radical (unpaired) electrons. The Hall–Kier alpha value is -0.820. The van der Waals surface area contributed by atoms with Gasteiger partial charge in [0.15, 0.2) is 0 Å². The van der Waals surface area contributed by atoms with Gasteiger partial charge in [-0.25, -0.2) is 0 Å². The summed E-state index contributed by atoms with van der Waals surface area (Å²) in [6, 6.07) is 12.0. The molecule has 0 heterocycles. The van der Waals surface area contributed by atoms with Gasteiger partial charge >= 0.3 is 0 Å². The highest BCUT2D eigenvalue weighted by Gasteiger charge is 1.90. The van der Waals surface area contributed by atoms with Crippen molar-refractivity contribution in [3.63, 3.8) is 0 Å². The van der Waals surface area contributed by atoms with Crippen molar-refractivity contribution in [3.8, 4) is 0 Å². The molecule has 0 amide bonds. The van der Waals surface area contributed by atoms with Crippen molar-refractivity contribution in [1.82, 2.24) is 0 Å². The average Bonchev–Trinajstić information content (AvgIpc) is 2.48. The quantitative estimate of drug-likeness (QED) is 0.482. The topological polar surface area (TPSA) is 9.23 Å². The average molecular weight is 264 g/mol. The Balaban J connectivity index is 0.000000443. The third-order valence-corrected chi connectivity index (χ3v) is 2.95. The molecule has 0 bridgehead atoms. The zero-order valence-electron chi connectivity index (χ0n) is 12.9. The lowest BCUT2D eigenvalue weighted by molar-refractivity contribution is 0.126. The van der Waals surface area contributed by atoms with Gasteiger partial charge in [-0.3, -0.25) is 0 Å². The maximum absolute atomic E-state index is 5.53. The number of ether oxygens (including phenoxy) is 1. The van der Waals surface area contributed by atoms with E-state index >= 15 is 0 Å². The van der Waals surface area contributed by atoms with E-state index in [0.29, 0.717) is 0 Å². The highest BCUT2D eigenvalue weighted by molar-refractivity contribution is 4.99. The van der Waals surface area contributed by atoms with Crippen LogP contribution in [0.25, 0.3) is 0 Å². The summed E-state index contributed by atoms with van der Waals surface area (Å²) in [4.78, 5) is 0. The second kappa shape index (κ2) is 17.2. The van der Waals surface area contributed by atoms with Gasteiger partial charge in [0.05, 0.1) is 0 Å². The summed E-state index contributed by atoms with van der Waals surface area (Å²) in [7, 11) is 0. The highest BCUT2D eigenvalue weighted by Crippen LogP contribution is 2.01. The fourth-order valence-corrected chi connectivity index (χ4v) is 1.75. The molecular formula is C18H32O. The summed E-state index contributed by atoms with van der Waals surface area (Å²) in [6.07, 6.45) is 10.5. The smallest absolute Gasteiger partial charge is 0.0466 e. The van der Waals surface area contributed by atoms with E-state index in [1.165, 1.54) is 51.4 Å². The minimum Gasteiger partial charge on any atom is -0.381 e. The van der Waals surface area contributed by atoms with Gasteiger partial charge in [0.25, 0.3) is 0 Å². The molecule has 0 spiro atoms. The van der Waals surface area contributed by atoms with E-state index in [-0.39, 0.29) is 0 Å². The predicted molar refractivity (Wildman–Crippen MR) is 85.5 cm³/mol. The molecule has 1 aromatic rings. The van der Waals surface area contributed by atoms with E-state index in [2.05, 4.69) is 13.8 Å². The number of rotatable bonds is 10. The molecule has 0 fully saturated rings. The van der Waals surface area contributed by atoms with Crippen LogP contribution in [0.3, 0.4) is 0 Å². The van der Waals surface area contributed by atoms with Crippen LogP contribution < -0.4 is 0 Å². The molecule has 0 saturated heterocycles. The second-order valence-corrected chi connectivity index (χ2v) is 4.89. The van der Waals surface area contributed by atoms with Gasteiger partial charge in [-0.1, -0.05) is 88.8 Å². The van der Waals surface area contributed by atoms with Crippen molar-refractivity contribution in [3.05, 3.63) is 36.4 Å². The summed E-state index contributed by atoms with van der Waals surface area (Å²) in [6.45, 7) is 6.44. The van der Waals surface area contributed by atoms with Gasteiger partial charge < -0.3 is 4.74 Å². The van der Waals surface area contributed by atoms with Crippen molar-refractivity contribution in [2.45, 2.75) is 65.2 Å².